The number of amides is 2. The number of allylic oxidation sites excluding steroid dienone is 3. The van der Waals surface area contributed by atoms with Crippen molar-refractivity contribution >= 4 is 29.3 Å². The van der Waals surface area contributed by atoms with E-state index in [1.54, 1.807) is 19.1 Å². The van der Waals surface area contributed by atoms with Crippen molar-refractivity contribution in [2.45, 2.75) is 82.6 Å². The molecule has 2 fully saturated rings. The first-order valence-electron chi connectivity index (χ1n) is 12.1. The van der Waals surface area contributed by atoms with Gasteiger partial charge in [-0.15, -0.1) is 0 Å². The smallest absolute Gasteiger partial charge is 0.407 e. The average Bonchev–Trinajstić information content (AvgIpc) is 2.79. The second kappa shape index (κ2) is 9.86. The van der Waals surface area contributed by atoms with Gasteiger partial charge in [-0.2, -0.15) is 0 Å². The molecule has 1 N–H and O–H groups in total. The molecule has 2 saturated heterocycles. The molecule has 4 heterocycles. The molecule has 4 aliphatic rings. The molecular formula is C27H35ClN2O5. The number of carbonyl (C=O) groups excluding carboxylic acids is 2. The van der Waals surface area contributed by atoms with E-state index in [1.807, 2.05) is 32.1 Å². The number of hydrogen-bond acceptors (Lipinski definition) is 5. The highest BCUT2D eigenvalue weighted by Gasteiger charge is 2.56. The van der Waals surface area contributed by atoms with Gasteiger partial charge in [-0.1, -0.05) is 35.4 Å². The van der Waals surface area contributed by atoms with Gasteiger partial charge in [-0.05, 0) is 57.7 Å². The summed E-state index contributed by atoms with van der Waals surface area (Å²) in [6, 6.07) is 3.85. The molecule has 190 valence electrons. The van der Waals surface area contributed by atoms with Crippen LogP contribution in [0.1, 0.15) is 58.4 Å². The fraction of sp³-hybridized carbons (Fsp3) is 0.556. The number of rotatable bonds is 1. The van der Waals surface area contributed by atoms with E-state index in [0.717, 1.165) is 11.1 Å². The van der Waals surface area contributed by atoms with Crippen molar-refractivity contribution < 1.29 is 23.8 Å². The Morgan fingerprint density at radius 2 is 2.00 bits per heavy atom. The molecule has 0 aromatic heterocycles. The summed E-state index contributed by atoms with van der Waals surface area (Å²) in [4.78, 5) is 27.0. The summed E-state index contributed by atoms with van der Waals surface area (Å²) >= 11 is 6.60. The second-order valence-electron chi connectivity index (χ2n) is 10.4. The lowest BCUT2D eigenvalue weighted by molar-refractivity contribution is -0.295. The van der Waals surface area contributed by atoms with E-state index < -0.39 is 17.3 Å². The summed E-state index contributed by atoms with van der Waals surface area (Å²) in [5.41, 5.74) is 1.76. The summed E-state index contributed by atoms with van der Waals surface area (Å²) < 4.78 is 17.5. The summed E-state index contributed by atoms with van der Waals surface area (Å²) in [7, 11) is 3.32. The molecule has 2 unspecified atom stereocenters. The fourth-order valence-electron chi connectivity index (χ4n) is 5.50. The van der Waals surface area contributed by atoms with Crippen LogP contribution in [0.15, 0.2) is 35.9 Å². The molecule has 7 nitrogen and oxygen atoms in total. The minimum Gasteiger partial charge on any atom is -0.495 e. The van der Waals surface area contributed by atoms with Gasteiger partial charge in [0.2, 0.25) is 5.91 Å². The molecule has 4 aliphatic heterocycles. The van der Waals surface area contributed by atoms with Gasteiger partial charge < -0.3 is 24.4 Å². The van der Waals surface area contributed by atoms with Gasteiger partial charge in [0.1, 0.15) is 22.5 Å². The minimum absolute atomic E-state index is 0.0149. The Bertz CT molecular complexity index is 1060. The number of carbonyl (C=O) groups is 2. The lowest BCUT2D eigenvalue weighted by atomic mass is 9.74. The van der Waals surface area contributed by atoms with Crippen LogP contribution in [-0.4, -0.2) is 49.5 Å². The van der Waals surface area contributed by atoms with E-state index in [2.05, 4.69) is 24.4 Å². The summed E-state index contributed by atoms with van der Waals surface area (Å²) in [6.07, 6.45) is 9.07. The molecule has 6 bridgehead atoms. The first kappa shape index (κ1) is 25.6. The second-order valence-corrected chi connectivity index (χ2v) is 10.8. The maximum Gasteiger partial charge on any atom is 0.407 e. The van der Waals surface area contributed by atoms with Gasteiger partial charge in [-0.3, -0.25) is 4.79 Å². The quantitative estimate of drug-likeness (QED) is 0.560. The summed E-state index contributed by atoms with van der Waals surface area (Å²) in [6.45, 7) is 6.06. The Morgan fingerprint density at radius 1 is 1.26 bits per heavy atom. The van der Waals surface area contributed by atoms with Gasteiger partial charge in [0, 0.05) is 32.4 Å². The van der Waals surface area contributed by atoms with Crippen molar-refractivity contribution in [3.8, 4) is 5.75 Å². The van der Waals surface area contributed by atoms with Crippen molar-refractivity contribution in [2.75, 3.05) is 19.1 Å². The van der Waals surface area contributed by atoms with Crippen LogP contribution in [0.25, 0.3) is 0 Å². The largest absolute Gasteiger partial charge is 0.495 e. The average molecular weight is 503 g/mol. The molecule has 0 saturated carbocycles. The molecule has 1 aromatic carbocycles. The Morgan fingerprint density at radius 3 is 2.71 bits per heavy atom. The maximum absolute atomic E-state index is 13.1. The molecular weight excluding hydrogens is 468 g/mol. The van der Waals surface area contributed by atoms with Crippen LogP contribution in [0.4, 0.5) is 10.5 Å². The SMILES string of the molecule is COc1cc2cc(c1Cl)N(C)C(=O)CC[C@]1(C)CC(C)(O1)[C@@H]1CC(C/C=C/C=C(\C)C2)NC(=O)O1. The lowest BCUT2D eigenvalue weighted by Crippen LogP contribution is -2.66. The Balaban J connectivity index is 1.64. The summed E-state index contributed by atoms with van der Waals surface area (Å²) in [5, 5.41) is 3.34. The zero-order valence-corrected chi connectivity index (χ0v) is 21.9. The van der Waals surface area contributed by atoms with Crippen LogP contribution in [-0.2, 0) is 20.7 Å². The van der Waals surface area contributed by atoms with Crippen LogP contribution >= 0.6 is 11.6 Å². The highest BCUT2D eigenvalue weighted by atomic mass is 35.5. The van der Waals surface area contributed by atoms with E-state index in [-0.39, 0.29) is 18.1 Å². The van der Waals surface area contributed by atoms with Crippen LogP contribution in [0, 0.1) is 0 Å². The third-order valence-corrected chi connectivity index (χ3v) is 7.66. The molecule has 8 heteroatoms. The zero-order valence-electron chi connectivity index (χ0n) is 21.2. The number of fused-ring (bicyclic) bond motifs is 6. The van der Waals surface area contributed by atoms with Gasteiger partial charge in [0.15, 0.2) is 0 Å². The first-order chi connectivity index (χ1) is 16.5. The Labute approximate surface area is 212 Å². The number of hydrogen-bond donors (Lipinski definition) is 1. The van der Waals surface area contributed by atoms with Crippen molar-refractivity contribution in [1.82, 2.24) is 5.32 Å². The van der Waals surface area contributed by atoms with E-state index >= 15 is 0 Å². The molecule has 1 aromatic rings. The van der Waals surface area contributed by atoms with E-state index in [9.17, 15) is 9.59 Å². The van der Waals surface area contributed by atoms with Gasteiger partial charge in [0.05, 0.1) is 18.4 Å². The van der Waals surface area contributed by atoms with Crippen LogP contribution in [0.2, 0.25) is 5.02 Å². The van der Waals surface area contributed by atoms with Crippen molar-refractivity contribution in [3.63, 3.8) is 0 Å². The standard InChI is InChI=1S/C27H35ClN2O5/c1-17-8-6-7-9-19-15-22(34-25(32)29-19)27(3)16-26(2,35-27)11-10-23(31)30(4)20-13-18(12-17)14-21(33-5)24(20)28/h6-8,13-14,19,22H,9-12,15-16H2,1-5H3,(H,29,32)/b7-6+,17-8+/t19?,22-,26+,27?/m0/s1. The Kier molecular flexibility index (Phi) is 7.21. The third-order valence-electron chi connectivity index (χ3n) is 7.28. The third kappa shape index (κ3) is 5.51. The predicted molar refractivity (Wildman–Crippen MR) is 136 cm³/mol. The molecule has 0 radical (unpaired) electrons. The Hall–Kier alpha value is -2.51. The molecule has 0 aliphatic carbocycles. The van der Waals surface area contributed by atoms with Crippen LogP contribution < -0.4 is 15.0 Å². The number of methoxy groups -OCH3 is 1. The van der Waals surface area contributed by atoms with Crippen LogP contribution in [0.3, 0.4) is 0 Å². The fourth-order valence-corrected chi connectivity index (χ4v) is 5.82. The van der Waals surface area contributed by atoms with Gasteiger partial charge in [-0.25, -0.2) is 4.79 Å². The number of anilines is 1. The lowest BCUT2D eigenvalue weighted by Gasteiger charge is -2.57. The number of ether oxygens (including phenoxy) is 3. The number of halogens is 1. The number of nitrogens with one attached hydrogen (secondary N) is 1. The summed E-state index contributed by atoms with van der Waals surface area (Å²) in [5.74, 6) is 0.493. The van der Waals surface area contributed by atoms with Crippen molar-refractivity contribution in [2.24, 2.45) is 0 Å². The van der Waals surface area contributed by atoms with Crippen molar-refractivity contribution in [3.05, 3.63) is 46.5 Å². The topological polar surface area (TPSA) is 77.1 Å². The zero-order chi connectivity index (χ0) is 25.4. The number of nitrogens with zero attached hydrogens (tertiary/aromatic N) is 1. The molecule has 35 heavy (non-hydrogen) atoms. The van der Waals surface area contributed by atoms with E-state index in [1.165, 1.54) is 0 Å². The number of alkyl carbamates (subject to hydrolysis) is 1. The van der Waals surface area contributed by atoms with E-state index in [0.29, 0.717) is 55.0 Å². The minimum atomic E-state index is -0.562. The van der Waals surface area contributed by atoms with Gasteiger partial charge >= 0.3 is 6.09 Å². The predicted octanol–water partition coefficient (Wildman–Crippen LogP) is 5.35. The highest BCUT2D eigenvalue weighted by molar-refractivity contribution is 6.35. The monoisotopic (exact) mass is 502 g/mol. The maximum atomic E-state index is 13.1. The van der Waals surface area contributed by atoms with E-state index in [4.69, 9.17) is 25.8 Å². The first-order valence-corrected chi connectivity index (χ1v) is 12.5. The molecule has 0 spiro atoms. The van der Waals surface area contributed by atoms with Crippen molar-refractivity contribution in [1.29, 1.82) is 0 Å². The molecule has 4 atom stereocenters. The highest BCUT2D eigenvalue weighted by Crippen LogP contribution is 2.48. The normalized spacial score (nSPS) is 34.1. The number of benzene rings is 1. The molecule has 5 rings (SSSR count). The molecule has 2 amide bonds. The van der Waals surface area contributed by atoms with Crippen LogP contribution in [0.5, 0.6) is 5.75 Å². The van der Waals surface area contributed by atoms with Gasteiger partial charge in [0.25, 0.3) is 0 Å².